The van der Waals surface area contributed by atoms with E-state index in [1.54, 1.807) is 0 Å². The van der Waals surface area contributed by atoms with Gasteiger partial charge in [-0.3, -0.25) is 0 Å². The smallest absolute Gasteiger partial charge is 0.00669 e. The summed E-state index contributed by atoms with van der Waals surface area (Å²) in [5, 5.41) is 3.74. The van der Waals surface area contributed by atoms with E-state index in [0.717, 1.165) is 12.0 Å². The summed E-state index contributed by atoms with van der Waals surface area (Å²) in [5.74, 6) is 0.933. The minimum absolute atomic E-state index is 0.719. The average molecular weight is 259 g/mol. The zero-order valence-corrected chi connectivity index (χ0v) is 12.4. The lowest BCUT2D eigenvalue weighted by Gasteiger charge is -2.28. The third kappa shape index (κ3) is 5.36. The second kappa shape index (κ2) is 8.37. The zero-order valence-electron chi connectivity index (χ0n) is 12.4. The molecule has 0 radical (unpaired) electrons. The summed E-state index contributed by atoms with van der Waals surface area (Å²) in [5.41, 5.74) is 1.47. The Balaban J connectivity index is 1.54. The van der Waals surface area contributed by atoms with Gasteiger partial charge in [-0.1, -0.05) is 49.6 Å². The lowest BCUT2D eigenvalue weighted by molar-refractivity contribution is 0.281. The fraction of sp³-hybridized carbons (Fsp3) is 0.667. The molecule has 1 N–H and O–H groups in total. The van der Waals surface area contributed by atoms with Crippen LogP contribution < -0.4 is 5.32 Å². The lowest BCUT2D eigenvalue weighted by atomic mass is 9.84. The molecule has 0 bridgehead atoms. The van der Waals surface area contributed by atoms with E-state index in [1.807, 2.05) is 0 Å². The molecule has 1 aliphatic rings. The molecule has 1 aromatic rings. The number of nitrogens with one attached hydrogen (secondary N) is 1. The van der Waals surface area contributed by atoms with Crippen LogP contribution >= 0.6 is 0 Å². The Morgan fingerprint density at radius 1 is 1.05 bits per heavy atom. The molecule has 0 amide bonds. The molecule has 0 aromatic heterocycles. The molecular formula is C18H29N. The molecule has 1 fully saturated rings. The maximum absolute atomic E-state index is 3.74. The van der Waals surface area contributed by atoms with Crippen LogP contribution in [-0.2, 0) is 6.42 Å². The average Bonchev–Trinajstić information content (AvgIpc) is 2.49. The summed E-state index contributed by atoms with van der Waals surface area (Å²) in [6.07, 6.45) is 11.1. The number of unbranched alkanes of at least 4 members (excludes halogenated alkanes) is 1. The molecule has 1 aromatic carbocycles. The first-order valence-electron chi connectivity index (χ1n) is 8.13. The van der Waals surface area contributed by atoms with Gasteiger partial charge in [-0.15, -0.1) is 0 Å². The predicted octanol–water partition coefficient (Wildman–Crippen LogP) is 4.57. The van der Waals surface area contributed by atoms with Gasteiger partial charge in [0, 0.05) is 6.04 Å². The summed E-state index contributed by atoms with van der Waals surface area (Å²) in [7, 11) is 0. The standard InChI is InChI=1S/C18H29N/c1-16(18-13-6-3-7-14-18)19-15-9-8-12-17-10-4-2-5-11-17/h2,4-5,10-11,16,18-19H,3,6-9,12-15H2,1H3/t16-/m0/s1. The Bertz CT molecular complexity index is 327. The summed E-state index contributed by atoms with van der Waals surface area (Å²) in [6.45, 7) is 3.57. The number of hydrogen-bond donors (Lipinski definition) is 1. The topological polar surface area (TPSA) is 12.0 Å². The molecule has 1 saturated carbocycles. The summed E-state index contributed by atoms with van der Waals surface area (Å²) >= 11 is 0. The quantitative estimate of drug-likeness (QED) is 0.707. The van der Waals surface area contributed by atoms with Crippen molar-refractivity contribution < 1.29 is 0 Å². The highest BCUT2D eigenvalue weighted by Gasteiger charge is 2.18. The van der Waals surface area contributed by atoms with Gasteiger partial charge in [-0.25, -0.2) is 0 Å². The molecule has 106 valence electrons. The van der Waals surface area contributed by atoms with E-state index in [9.17, 15) is 0 Å². The van der Waals surface area contributed by atoms with Crippen LogP contribution in [0.15, 0.2) is 30.3 Å². The van der Waals surface area contributed by atoms with Gasteiger partial charge in [0.15, 0.2) is 0 Å². The Morgan fingerprint density at radius 3 is 2.53 bits per heavy atom. The van der Waals surface area contributed by atoms with Crippen LogP contribution in [0.25, 0.3) is 0 Å². The van der Waals surface area contributed by atoms with Crippen molar-refractivity contribution in [3.63, 3.8) is 0 Å². The van der Waals surface area contributed by atoms with E-state index in [-0.39, 0.29) is 0 Å². The molecule has 1 nitrogen and oxygen atoms in total. The molecule has 1 atom stereocenters. The fourth-order valence-corrected chi connectivity index (χ4v) is 3.23. The fourth-order valence-electron chi connectivity index (χ4n) is 3.23. The van der Waals surface area contributed by atoms with Crippen molar-refractivity contribution in [3.8, 4) is 0 Å². The summed E-state index contributed by atoms with van der Waals surface area (Å²) in [6, 6.07) is 11.6. The van der Waals surface area contributed by atoms with E-state index in [1.165, 1.54) is 63.5 Å². The Labute approximate surface area is 118 Å². The summed E-state index contributed by atoms with van der Waals surface area (Å²) in [4.78, 5) is 0. The van der Waals surface area contributed by atoms with Crippen molar-refractivity contribution in [1.82, 2.24) is 5.32 Å². The van der Waals surface area contributed by atoms with Gasteiger partial charge in [-0.2, -0.15) is 0 Å². The Morgan fingerprint density at radius 2 is 1.79 bits per heavy atom. The van der Waals surface area contributed by atoms with Gasteiger partial charge < -0.3 is 5.32 Å². The van der Waals surface area contributed by atoms with Crippen molar-refractivity contribution in [2.75, 3.05) is 6.54 Å². The van der Waals surface area contributed by atoms with Gasteiger partial charge in [0.1, 0.15) is 0 Å². The van der Waals surface area contributed by atoms with Gasteiger partial charge in [0.05, 0.1) is 0 Å². The third-order valence-electron chi connectivity index (χ3n) is 4.56. The maximum atomic E-state index is 3.74. The van der Waals surface area contributed by atoms with E-state index in [2.05, 4.69) is 42.6 Å². The molecule has 0 spiro atoms. The molecule has 1 aliphatic carbocycles. The third-order valence-corrected chi connectivity index (χ3v) is 4.56. The van der Waals surface area contributed by atoms with Crippen LogP contribution in [0.3, 0.4) is 0 Å². The summed E-state index contributed by atoms with van der Waals surface area (Å²) < 4.78 is 0. The Hall–Kier alpha value is -0.820. The second-order valence-electron chi connectivity index (χ2n) is 6.08. The number of rotatable bonds is 7. The SMILES string of the molecule is C[C@H](NCCCCc1ccccc1)C1CCCCC1. The molecule has 0 saturated heterocycles. The van der Waals surface area contributed by atoms with Gasteiger partial charge >= 0.3 is 0 Å². The number of aryl methyl sites for hydroxylation is 1. The monoisotopic (exact) mass is 259 g/mol. The van der Waals surface area contributed by atoms with Crippen molar-refractivity contribution in [2.45, 2.75) is 64.3 Å². The lowest BCUT2D eigenvalue weighted by Crippen LogP contribution is -2.35. The molecular weight excluding hydrogens is 230 g/mol. The highest BCUT2D eigenvalue weighted by atomic mass is 14.9. The van der Waals surface area contributed by atoms with Gasteiger partial charge in [0.25, 0.3) is 0 Å². The molecule has 0 unspecified atom stereocenters. The first kappa shape index (κ1) is 14.6. The zero-order chi connectivity index (χ0) is 13.3. The minimum Gasteiger partial charge on any atom is -0.314 e. The van der Waals surface area contributed by atoms with Crippen molar-refractivity contribution in [1.29, 1.82) is 0 Å². The largest absolute Gasteiger partial charge is 0.314 e. The van der Waals surface area contributed by atoms with E-state index in [0.29, 0.717) is 0 Å². The highest BCUT2D eigenvalue weighted by Crippen LogP contribution is 2.26. The first-order valence-corrected chi connectivity index (χ1v) is 8.13. The van der Waals surface area contributed by atoms with Crippen molar-refractivity contribution in [2.24, 2.45) is 5.92 Å². The molecule has 1 heteroatoms. The number of hydrogen-bond acceptors (Lipinski definition) is 1. The van der Waals surface area contributed by atoms with Crippen LogP contribution in [-0.4, -0.2) is 12.6 Å². The second-order valence-corrected chi connectivity index (χ2v) is 6.08. The van der Waals surface area contributed by atoms with Crippen LogP contribution in [0.1, 0.15) is 57.4 Å². The van der Waals surface area contributed by atoms with Crippen LogP contribution in [0.4, 0.5) is 0 Å². The van der Waals surface area contributed by atoms with Gasteiger partial charge in [0.2, 0.25) is 0 Å². The molecule has 0 aliphatic heterocycles. The molecule has 0 heterocycles. The number of benzene rings is 1. The normalized spacial score (nSPS) is 18.4. The Kier molecular flexibility index (Phi) is 6.43. The maximum Gasteiger partial charge on any atom is 0.00669 e. The van der Waals surface area contributed by atoms with Crippen LogP contribution in [0, 0.1) is 5.92 Å². The van der Waals surface area contributed by atoms with Gasteiger partial charge in [-0.05, 0) is 57.1 Å². The predicted molar refractivity (Wildman–Crippen MR) is 83.4 cm³/mol. The van der Waals surface area contributed by atoms with E-state index >= 15 is 0 Å². The molecule has 19 heavy (non-hydrogen) atoms. The molecule has 2 rings (SSSR count). The van der Waals surface area contributed by atoms with Crippen molar-refractivity contribution in [3.05, 3.63) is 35.9 Å². The van der Waals surface area contributed by atoms with Crippen LogP contribution in [0.5, 0.6) is 0 Å². The van der Waals surface area contributed by atoms with E-state index in [4.69, 9.17) is 0 Å². The minimum atomic E-state index is 0.719. The van der Waals surface area contributed by atoms with Crippen molar-refractivity contribution >= 4 is 0 Å². The van der Waals surface area contributed by atoms with E-state index < -0.39 is 0 Å². The highest BCUT2D eigenvalue weighted by molar-refractivity contribution is 5.14. The van der Waals surface area contributed by atoms with Crippen LogP contribution in [0.2, 0.25) is 0 Å². The first-order chi connectivity index (χ1) is 9.36.